The van der Waals surface area contributed by atoms with Crippen LogP contribution in [0.25, 0.3) is 0 Å². The van der Waals surface area contributed by atoms with E-state index in [4.69, 9.17) is 19.7 Å². The zero-order valence-corrected chi connectivity index (χ0v) is 31.6. The molecular weight excluding hydrogens is 638 g/mol. The van der Waals surface area contributed by atoms with Crippen molar-refractivity contribution >= 4 is 27.9 Å². The molecule has 280 valence electrons. The number of hydrogen-bond acceptors (Lipinski definition) is 10. The topological polar surface area (TPSA) is 180 Å². The summed E-state index contributed by atoms with van der Waals surface area (Å²) < 4.78 is 37.1. The number of carbonyl (C=O) groups excluding carboxylic acids is 3. The zero-order valence-electron chi connectivity index (χ0n) is 30.8. The van der Waals surface area contributed by atoms with Crippen LogP contribution in [0.5, 0.6) is 0 Å². The van der Waals surface area contributed by atoms with Gasteiger partial charge in [0, 0.05) is 6.42 Å². The lowest BCUT2D eigenvalue weighted by Gasteiger charge is -2.59. The van der Waals surface area contributed by atoms with Gasteiger partial charge in [0.05, 0.1) is 41.8 Å². The Kier molecular flexibility index (Phi) is 15.9. The van der Waals surface area contributed by atoms with Crippen molar-refractivity contribution in [1.82, 2.24) is 0 Å². The molecule has 6 saturated carbocycles. The Bertz CT molecular complexity index is 1160. The molecule has 0 radical (unpaired) electrons. The van der Waals surface area contributed by atoms with Crippen LogP contribution in [0.15, 0.2) is 0 Å². The molecule has 0 heterocycles. The number of aliphatic hydroxyl groups excluding tert-OH is 1. The van der Waals surface area contributed by atoms with Crippen LogP contribution in [-0.4, -0.2) is 73.3 Å². The summed E-state index contributed by atoms with van der Waals surface area (Å²) in [4.78, 5) is 33.7. The number of sulfonamides is 1. The third-order valence-corrected chi connectivity index (χ3v) is 12.8. The largest absolute Gasteiger partial charge is 0.469 e. The van der Waals surface area contributed by atoms with Gasteiger partial charge in [0.25, 0.3) is 0 Å². The van der Waals surface area contributed by atoms with Crippen LogP contribution in [0.1, 0.15) is 132 Å². The van der Waals surface area contributed by atoms with Gasteiger partial charge in [-0.2, -0.15) is 0 Å². The Morgan fingerprint density at radius 2 is 1.46 bits per heavy atom. The first-order valence-corrected chi connectivity index (χ1v) is 19.7. The molecule has 0 aromatic rings. The maximum Gasteiger partial charge on any atom is 0.311 e. The average molecular weight is 704 g/mol. The van der Waals surface area contributed by atoms with Crippen molar-refractivity contribution in [2.75, 3.05) is 20.3 Å². The minimum absolute atomic E-state index is 0.0207. The third-order valence-electron chi connectivity index (χ3n) is 11.4. The number of primary sulfonamides is 1. The number of methoxy groups -OCH3 is 1. The molecule has 6 rings (SSSR count). The molecule has 6 aliphatic rings. The monoisotopic (exact) mass is 703 g/mol. The van der Waals surface area contributed by atoms with Crippen LogP contribution >= 0.6 is 0 Å². The van der Waals surface area contributed by atoms with Crippen molar-refractivity contribution in [3.05, 3.63) is 0 Å². The number of carbonyl (C=O) groups is 3. The van der Waals surface area contributed by atoms with E-state index in [1.165, 1.54) is 20.0 Å². The highest BCUT2D eigenvalue weighted by Crippen LogP contribution is 2.59. The lowest BCUT2D eigenvalue weighted by Crippen LogP contribution is -2.60. The van der Waals surface area contributed by atoms with Gasteiger partial charge in [-0.1, -0.05) is 41.0 Å². The van der Waals surface area contributed by atoms with E-state index in [1.54, 1.807) is 0 Å². The van der Waals surface area contributed by atoms with Crippen LogP contribution in [0.2, 0.25) is 0 Å². The predicted molar refractivity (Wildman–Crippen MR) is 184 cm³/mol. The summed E-state index contributed by atoms with van der Waals surface area (Å²) in [5.74, 6) is 1.79. The molecule has 7 unspecified atom stereocenters. The molecule has 0 aromatic carbocycles. The second-order valence-corrected chi connectivity index (χ2v) is 17.6. The molecular formula is C36H65NO10S. The Balaban J connectivity index is 0.000000235. The van der Waals surface area contributed by atoms with Crippen molar-refractivity contribution < 1.29 is 47.2 Å². The summed E-state index contributed by atoms with van der Waals surface area (Å²) >= 11 is 0. The van der Waals surface area contributed by atoms with Gasteiger partial charge < -0.3 is 24.4 Å². The van der Waals surface area contributed by atoms with Crippen molar-refractivity contribution in [2.24, 2.45) is 46.1 Å². The molecule has 0 aliphatic heterocycles. The molecule has 6 bridgehead atoms. The second kappa shape index (κ2) is 17.9. The highest BCUT2D eigenvalue weighted by atomic mass is 32.2. The van der Waals surface area contributed by atoms with E-state index in [2.05, 4.69) is 4.74 Å². The fraction of sp³-hybridized carbons (Fsp3) is 0.917. The van der Waals surface area contributed by atoms with Crippen molar-refractivity contribution in [3.8, 4) is 0 Å². The van der Waals surface area contributed by atoms with Crippen LogP contribution in [0.3, 0.4) is 0 Å². The Morgan fingerprint density at radius 3 is 1.81 bits per heavy atom. The first-order chi connectivity index (χ1) is 22.3. The second-order valence-electron chi connectivity index (χ2n) is 15.8. The number of hydrogen-bond donors (Lipinski definition) is 3. The minimum atomic E-state index is -3.23. The van der Waals surface area contributed by atoms with Crippen molar-refractivity contribution in [3.63, 3.8) is 0 Å². The predicted octanol–water partition coefficient (Wildman–Crippen LogP) is 5.29. The van der Waals surface area contributed by atoms with Crippen molar-refractivity contribution in [2.45, 2.75) is 148 Å². The highest BCUT2D eigenvalue weighted by Gasteiger charge is 2.59. The van der Waals surface area contributed by atoms with Crippen LogP contribution < -0.4 is 5.14 Å². The summed E-state index contributed by atoms with van der Waals surface area (Å²) in [5, 5.41) is 23.9. The number of aliphatic hydroxyl groups is 2. The molecule has 0 saturated heterocycles. The quantitative estimate of drug-likeness (QED) is 0.200. The maximum absolute atomic E-state index is 12.1. The Morgan fingerprint density at radius 1 is 0.896 bits per heavy atom. The summed E-state index contributed by atoms with van der Waals surface area (Å²) in [7, 11) is -1.82. The smallest absolute Gasteiger partial charge is 0.311 e. The summed E-state index contributed by atoms with van der Waals surface area (Å²) in [6.07, 6.45) is 12.4. The summed E-state index contributed by atoms with van der Waals surface area (Å²) in [6.45, 7) is 13.3. The molecule has 0 aromatic heterocycles. The number of nitrogens with two attached hydrogens (primary N) is 1. The number of esters is 3. The maximum atomic E-state index is 12.1. The van der Waals surface area contributed by atoms with E-state index >= 15 is 0 Å². The summed E-state index contributed by atoms with van der Waals surface area (Å²) in [6, 6.07) is 0. The number of fused-ring (bicyclic) bond motifs is 2. The molecule has 11 nitrogen and oxygen atoms in total. The summed E-state index contributed by atoms with van der Waals surface area (Å²) in [5.41, 5.74) is -1.30. The Hall–Kier alpha value is -1.76. The lowest BCUT2D eigenvalue weighted by atomic mass is 9.52. The zero-order chi connectivity index (χ0) is 36.5. The van der Waals surface area contributed by atoms with Gasteiger partial charge in [0.2, 0.25) is 10.0 Å². The molecule has 6 aliphatic carbocycles. The standard InChI is InChI=1S/C15H24O3.C8H16O3.C7H13NO2S.C6H12O2/c1-3-10(2)13(16)18-15-7-11-4-12(8-15)6-14(17,5-11)9-15;1-4-8(2,3)7(10)11-6-5-9;8-11(9,10)7-4-5-1-2-6(7)3-5;1-4-5(2)6(7)8-3/h10-12,17H,3-9H2,1-2H3;9H,4-6H2,1-3H3;5-7H,1-4H2,(H2,8,9,10);5H,4H2,1-3H3. The number of rotatable bonds is 10. The van der Waals surface area contributed by atoms with Gasteiger partial charge in [-0.15, -0.1) is 0 Å². The number of ether oxygens (including phenoxy) is 3. The molecule has 7 atom stereocenters. The molecule has 4 N–H and O–H groups in total. The molecule has 12 heteroatoms. The van der Waals surface area contributed by atoms with Crippen LogP contribution in [0.4, 0.5) is 0 Å². The van der Waals surface area contributed by atoms with E-state index in [1.807, 2.05) is 48.5 Å². The fourth-order valence-corrected chi connectivity index (χ4v) is 9.49. The van der Waals surface area contributed by atoms with Gasteiger partial charge in [-0.25, -0.2) is 13.6 Å². The first-order valence-electron chi connectivity index (χ1n) is 18.1. The molecule has 0 spiro atoms. The fourth-order valence-electron chi connectivity index (χ4n) is 8.17. The van der Waals surface area contributed by atoms with Gasteiger partial charge in [-0.3, -0.25) is 14.4 Å². The normalized spacial score (nSPS) is 32.3. The Labute approximate surface area is 289 Å². The van der Waals surface area contributed by atoms with Gasteiger partial charge >= 0.3 is 17.9 Å². The average Bonchev–Trinajstić information content (AvgIpc) is 3.66. The van der Waals surface area contributed by atoms with Crippen LogP contribution in [-0.2, 0) is 38.6 Å². The third kappa shape index (κ3) is 11.9. The van der Waals surface area contributed by atoms with Crippen molar-refractivity contribution in [1.29, 1.82) is 0 Å². The van der Waals surface area contributed by atoms with Gasteiger partial charge in [0.1, 0.15) is 12.2 Å². The van der Waals surface area contributed by atoms with E-state index in [-0.39, 0.29) is 53.8 Å². The lowest BCUT2D eigenvalue weighted by molar-refractivity contribution is -0.222. The first kappa shape index (κ1) is 42.4. The molecule has 0 amide bonds. The highest BCUT2D eigenvalue weighted by molar-refractivity contribution is 7.89. The minimum Gasteiger partial charge on any atom is -0.469 e. The molecule has 6 fully saturated rings. The molecule has 48 heavy (non-hydrogen) atoms. The van der Waals surface area contributed by atoms with Crippen LogP contribution in [0, 0.1) is 40.9 Å². The van der Waals surface area contributed by atoms with E-state index in [9.17, 15) is 27.9 Å². The van der Waals surface area contributed by atoms with E-state index in [0.29, 0.717) is 30.1 Å². The van der Waals surface area contributed by atoms with Gasteiger partial charge in [0.15, 0.2) is 0 Å². The van der Waals surface area contributed by atoms with E-state index in [0.717, 1.165) is 64.2 Å². The SMILES string of the molecule is CCC(C)(C)C(=O)OCCO.CCC(C)C(=O)OC.CCC(C)C(=O)OC12CC3CC(CC(O)(C3)C1)C2.NS(=O)(=O)C1CC2CCC1C2. The van der Waals surface area contributed by atoms with E-state index < -0.39 is 21.0 Å². The van der Waals surface area contributed by atoms with Gasteiger partial charge in [-0.05, 0) is 108 Å².